The fourth-order valence-corrected chi connectivity index (χ4v) is 4.47. The predicted octanol–water partition coefficient (Wildman–Crippen LogP) is 5.34. The fraction of sp³-hybridized carbons (Fsp3) is 0.200. The van der Waals surface area contributed by atoms with E-state index < -0.39 is 12.3 Å². The molecule has 3 aromatic carbocycles. The molecule has 2 aliphatic rings. The Morgan fingerprint density at radius 3 is 2.48 bits per heavy atom. The molecule has 0 aromatic heterocycles. The first-order valence-electron chi connectivity index (χ1n) is 10.7. The number of hydrogen-bond donors (Lipinski definition) is 3. The van der Waals surface area contributed by atoms with Crippen LogP contribution in [0.4, 0.5) is 17.1 Å². The minimum atomic E-state index is -0.995. The number of rotatable bonds is 5. The molecule has 0 bridgehead atoms. The van der Waals surface area contributed by atoms with Crippen molar-refractivity contribution in [1.82, 2.24) is 0 Å². The number of fused-ring (bicyclic) bond motifs is 1. The maximum absolute atomic E-state index is 12.0. The molecule has 1 amide bonds. The number of anilines is 3. The van der Waals surface area contributed by atoms with E-state index in [9.17, 15) is 14.7 Å². The zero-order valence-electron chi connectivity index (χ0n) is 17.9. The van der Waals surface area contributed by atoms with E-state index in [-0.39, 0.29) is 11.5 Å². The molecular formula is C25H22ClN3O4. The Morgan fingerprint density at radius 1 is 1.09 bits per heavy atom. The van der Waals surface area contributed by atoms with Gasteiger partial charge in [0.1, 0.15) is 5.75 Å². The van der Waals surface area contributed by atoms with Gasteiger partial charge < -0.3 is 25.4 Å². The Bertz CT molecular complexity index is 1260. The summed E-state index contributed by atoms with van der Waals surface area (Å²) in [4.78, 5) is 25.2. The molecule has 0 saturated carbocycles. The van der Waals surface area contributed by atoms with Crippen molar-refractivity contribution in [2.75, 3.05) is 22.1 Å². The zero-order valence-corrected chi connectivity index (χ0v) is 18.6. The molecule has 7 nitrogen and oxygen atoms in total. The standard InChI is InChI=1S/C25H22ClN3O4/c1-14-4-9-17(11-18(14)24(31)32)33-25-27-21-12-19(20(26)13-22(21)28-25)15-5-7-16(8-6-15)29-10-2-3-23(29)30/h4-9,11-13,25,27-28H,2-3,10H2,1H3,(H,31,32). The normalized spacial score (nSPS) is 16.8. The third-order valence-electron chi connectivity index (χ3n) is 5.94. The minimum absolute atomic E-state index is 0.156. The molecule has 5 rings (SSSR count). The Morgan fingerprint density at radius 2 is 1.82 bits per heavy atom. The van der Waals surface area contributed by atoms with E-state index in [0.717, 1.165) is 41.2 Å². The van der Waals surface area contributed by atoms with E-state index in [4.69, 9.17) is 16.3 Å². The summed E-state index contributed by atoms with van der Waals surface area (Å²) in [6.45, 7) is 2.50. The lowest BCUT2D eigenvalue weighted by atomic mass is 10.0. The van der Waals surface area contributed by atoms with Gasteiger partial charge in [0.25, 0.3) is 0 Å². The van der Waals surface area contributed by atoms with Crippen LogP contribution in [0.5, 0.6) is 5.75 Å². The topological polar surface area (TPSA) is 90.9 Å². The van der Waals surface area contributed by atoms with Gasteiger partial charge >= 0.3 is 5.97 Å². The molecule has 1 fully saturated rings. The van der Waals surface area contributed by atoms with Crippen LogP contribution in [0.15, 0.2) is 54.6 Å². The molecule has 168 valence electrons. The molecule has 2 aliphatic heterocycles. The van der Waals surface area contributed by atoms with Crippen molar-refractivity contribution in [2.24, 2.45) is 0 Å². The molecule has 2 heterocycles. The molecule has 1 atom stereocenters. The van der Waals surface area contributed by atoms with Gasteiger partial charge in [-0.25, -0.2) is 4.79 Å². The maximum atomic E-state index is 12.0. The fourth-order valence-electron chi connectivity index (χ4n) is 4.19. The molecule has 3 N–H and O–H groups in total. The number of amides is 1. The Hall–Kier alpha value is -3.71. The van der Waals surface area contributed by atoms with Crippen molar-refractivity contribution in [2.45, 2.75) is 26.1 Å². The van der Waals surface area contributed by atoms with Gasteiger partial charge in [0.15, 0.2) is 0 Å². The number of ether oxygens (including phenoxy) is 1. The minimum Gasteiger partial charge on any atom is -0.478 e. The number of halogens is 1. The first-order chi connectivity index (χ1) is 15.9. The van der Waals surface area contributed by atoms with Crippen LogP contribution in [0.3, 0.4) is 0 Å². The van der Waals surface area contributed by atoms with Crippen molar-refractivity contribution in [3.8, 4) is 16.9 Å². The second-order valence-corrected chi connectivity index (χ2v) is 8.55. The highest BCUT2D eigenvalue weighted by molar-refractivity contribution is 6.34. The Kier molecular flexibility index (Phi) is 5.34. The van der Waals surface area contributed by atoms with E-state index >= 15 is 0 Å². The zero-order chi connectivity index (χ0) is 23.1. The van der Waals surface area contributed by atoms with Crippen LogP contribution in [-0.2, 0) is 4.79 Å². The van der Waals surface area contributed by atoms with Crippen LogP contribution in [0.2, 0.25) is 5.02 Å². The van der Waals surface area contributed by atoms with Crippen LogP contribution in [0, 0.1) is 6.92 Å². The second-order valence-electron chi connectivity index (χ2n) is 8.14. The van der Waals surface area contributed by atoms with Gasteiger partial charge in [-0.3, -0.25) is 4.79 Å². The van der Waals surface area contributed by atoms with E-state index in [2.05, 4.69) is 10.6 Å². The van der Waals surface area contributed by atoms with E-state index in [1.54, 1.807) is 19.1 Å². The number of nitrogens with zero attached hydrogens (tertiary/aromatic N) is 1. The smallest absolute Gasteiger partial charge is 0.336 e. The lowest BCUT2D eigenvalue weighted by Crippen LogP contribution is -2.29. The molecule has 8 heteroatoms. The van der Waals surface area contributed by atoms with Crippen molar-refractivity contribution in [3.63, 3.8) is 0 Å². The highest BCUT2D eigenvalue weighted by Gasteiger charge is 2.24. The largest absolute Gasteiger partial charge is 0.478 e. The van der Waals surface area contributed by atoms with Gasteiger partial charge in [-0.15, -0.1) is 0 Å². The number of carbonyl (C=O) groups is 2. The van der Waals surface area contributed by atoms with Gasteiger partial charge in [-0.2, -0.15) is 0 Å². The molecule has 0 radical (unpaired) electrons. The summed E-state index contributed by atoms with van der Waals surface area (Å²) in [5.41, 5.74) is 5.17. The third-order valence-corrected chi connectivity index (χ3v) is 6.25. The van der Waals surface area contributed by atoms with Gasteiger partial charge in [0.2, 0.25) is 12.3 Å². The first-order valence-corrected chi connectivity index (χ1v) is 11.0. The third kappa shape index (κ3) is 4.07. The average Bonchev–Trinajstić information content (AvgIpc) is 3.39. The van der Waals surface area contributed by atoms with E-state index in [1.807, 2.05) is 41.3 Å². The van der Waals surface area contributed by atoms with Crippen LogP contribution < -0.4 is 20.3 Å². The molecule has 0 spiro atoms. The number of benzene rings is 3. The molecule has 3 aromatic rings. The van der Waals surface area contributed by atoms with Crippen LogP contribution in [0.25, 0.3) is 11.1 Å². The molecule has 0 aliphatic carbocycles. The number of nitrogens with one attached hydrogen (secondary N) is 2. The van der Waals surface area contributed by atoms with Gasteiger partial charge in [0, 0.05) is 24.2 Å². The maximum Gasteiger partial charge on any atom is 0.336 e. The van der Waals surface area contributed by atoms with Crippen molar-refractivity contribution in [1.29, 1.82) is 0 Å². The number of carbonyl (C=O) groups excluding carboxylic acids is 1. The van der Waals surface area contributed by atoms with Gasteiger partial charge in [-0.1, -0.05) is 29.8 Å². The summed E-state index contributed by atoms with van der Waals surface area (Å²) < 4.78 is 5.91. The van der Waals surface area contributed by atoms with E-state index in [0.29, 0.717) is 22.8 Å². The lowest BCUT2D eigenvalue weighted by Gasteiger charge is -2.16. The second kappa shape index (κ2) is 8.33. The number of hydrogen-bond acceptors (Lipinski definition) is 5. The lowest BCUT2D eigenvalue weighted by molar-refractivity contribution is -0.117. The summed E-state index contributed by atoms with van der Waals surface area (Å²) in [7, 11) is 0. The van der Waals surface area contributed by atoms with Crippen LogP contribution in [0.1, 0.15) is 28.8 Å². The molecule has 33 heavy (non-hydrogen) atoms. The van der Waals surface area contributed by atoms with E-state index in [1.165, 1.54) is 6.07 Å². The Balaban J connectivity index is 1.34. The quantitative estimate of drug-likeness (QED) is 0.473. The monoisotopic (exact) mass is 463 g/mol. The number of carboxylic acid groups (broad SMARTS) is 1. The summed E-state index contributed by atoms with van der Waals surface area (Å²) in [5, 5.41) is 16.4. The van der Waals surface area contributed by atoms with Gasteiger partial charge in [0.05, 0.1) is 22.0 Å². The first kappa shape index (κ1) is 21.2. The van der Waals surface area contributed by atoms with Crippen molar-refractivity contribution < 1.29 is 19.4 Å². The number of carboxylic acids is 1. The van der Waals surface area contributed by atoms with Crippen molar-refractivity contribution in [3.05, 3.63) is 70.7 Å². The summed E-state index contributed by atoms with van der Waals surface area (Å²) in [6, 6.07) is 16.5. The van der Waals surface area contributed by atoms with Crippen LogP contribution >= 0.6 is 11.6 Å². The summed E-state index contributed by atoms with van der Waals surface area (Å²) in [6.07, 6.45) is 0.916. The van der Waals surface area contributed by atoms with Crippen molar-refractivity contribution >= 4 is 40.5 Å². The SMILES string of the molecule is Cc1ccc(OC2Nc3cc(Cl)c(-c4ccc(N5CCCC5=O)cc4)cc3N2)cc1C(=O)O. The molecule has 1 unspecified atom stereocenters. The highest BCUT2D eigenvalue weighted by atomic mass is 35.5. The summed E-state index contributed by atoms with van der Waals surface area (Å²) in [5.74, 6) is -0.400. The molecule has 1 saturated heterocycles. The molecular weight excluding hydrogens is 442 g/mol. The van der Waals surface area contributed by atoms with Crippen LogP contribution in [-0.4, -0.2) is 29.9 Å². The number of aryl methyl sites for hydroxylation is 1. The summed E-state index contributed by atoms with van der Waals surface area (Å²) >= 11 is 6.58. The average molecular weight is 464 g/mol. The highest BCUT2D eigenvalue weighted by Crippen LogP contribution is 2.40. The Labute approximate surface area is 195 Å². The number of aromatic carboxylic acids is 1. The predicted molar refractivity (Wildman–Crippen MR) is 128 cm³/mol. The van der Waals surface area contributed by atoms with Gasteiger partial charge in [-0.05, 0) is 60.9 Å².